The fourth-order valence-corrected chi connectivity index (χ4v) is 6.33. The van der Waals surface area contributed by atoms with Crippen molar-refractivity contribution in [2.24, 2.45) is 0 Å². The molecule has 2 saturated heterocycles. The van der Waals surface area contributed by atoms with Crippen molar-refractivity contribution in [1.82, 2.24) is 20.0 Å². The molecule has 8 nitrogen and oxygen atoms in total. The number of carbonyl (C=O) groups excluding carboxylic acids is 3. The Morgan fingerprint density at radius 3 is 2.66 bits per heavy atom. The van der Waals surface area contributed by atoms with Crippen LogP contribution in [0.15, 0.2) is 42.7 Å². The minimum absolute atomic E-state index is 0.00212. The van der Waals surface area contributed by atoms with Crippen LogP contribution < -0.4 is 10.2 Å². The van der Waals surface area contributed by atoms with Crippen LogP contribution in [0, 0.1) is 0 Å². The summed E-state index contributed by atoms with van der Waals surface area (Å²) in [6.07, 6.45) is 7.56. The Balaban J connectivity index is 1.14. The Morgan fingerprint density at radius 2 is 1.92 bits per heavy atom. The predicted octanol–water partition coefficient (Wildman–Crippen LogP) is 3.76. The van der Waals surface area contributed by atoms with E-state index in [1.54, 1.807) is 12.1 Å². The summed E-state index contributed by atoms with van der Waals surface area (Å²) < 4.78 is 35.0. The van der Waals surface area contributed by atoms with Gasteiger partial charge in [-0.3, -0.25) is 34.2 Å². The van der Waals surface area contributed by atoms with Crippen LogP contribution in [0.25, 0.3) is 10.8 Å². The van der Waals surface area contributed by atoms with Crippen LogP contribution >= 0.6 is 0 Å². The second-order valence-electron chi connectivity index (χ2n) is 11.4. The fourth-order valence-electron chi connectivity index (χ4n) is 6.33. The smallest absolute Gasteiger partial charge is 0.259 e. The molecule has 3 fully saturated rings. The van der Waals surface area contributed by atoms with Crippen LogP contribution in [0.2, 0.25) is 0 Å². The van der Waals surface area contributed by atoms with E-state index in [1.807, 2.05) is 29.1 Å². The highest BCUT2D eigenvalue weighted by Gasteiger charge is 2.46. The number of amides is 3. The maximum absolute atomic E-state index is 13.5. The van der Waals surface area contributed by atoms with Crippen molar-refractivity contribution >= 4 is 34.2 Å². The van der Waals surface area contributed by atoms with Gasteiger partial charge in [-0.2, -0.15) is 5.10 Å². The van der Waals surface area contributed by atoms with Crippen LogP contribution in [-0.2, 0) is 21.5 Å². The number of likely N-dealkylation sites (tertiary alicyclic amines) is 1. The molecular formula is C30H33N5O3. The first-order valence-corrected chi connectivity index (χ1v) is 13.4. The number of nitrogens with one attached hydrogen (secondary N) is 1. The summed E-state index contributed by atoms with van der Waals surface area (Å²) >= 11 is 0. The number of nitrogens with zero attached hydrogens (tertiary/aromatic N) is 4. The quantitative estimate of drug-likeness (QED) is 0.523. The van der Waals surface area contributed by atoms with E-state index in [0.717, 1.165) is 55.3 Å². The number of aromatic nitrogens is 2. The van der Waals surface area contributed by atoms with Gasteiger partial charge in [0.2, 0.25) is 11.8 Å². The lowest BCUT2D eigenvalue weighted by Crippen LogP contribution is -2.53. The van der Waals surface area contributed by atoms with Gasteiger partial charge in [0, 0.05) is 52.7 Å². The zero-order valence-electron chi connectivity index (χ0n) is 25.4. The lowest BCUT2D eigenvalue weighted by molar-refractivity contribution is -0.134. The summed E-state index contributed by atoms with van der Waals surface area (Å²) in [5.41, 5.74) is 2.12. The first-order chi connectivity index (χ1) is 19.9. The summed E-state index contributed by atoms with van der Waals surface area (Å²) in [5, 5.41) is 8.54. The van der Waals surface area contributed by atoms with Gasteiger partial charge < -0.3 is 0 Å². The number of carbonyl (C=O) groups is 3. The topological polar surface area (TPSA) is 87.5 Å². The van der Waals surface area contributed by atoms with Gasteiger partial charge in [-0.1, -0.05) is 18.2 Å². The Hall–Kier alpha value is -3.52. The van der Waals surface area contributed by atoms with Crippen LogP contribution in [0.4, 0.5) is 5.69 Å². The molecule has 7 rings (SSSR count). The summed E-state index contributed by atoms with van der Waals surface area (Å²) in [6, 6.07) is 7.33. The summed E-state index contributed by atoms with van der Waals surface area (Å²) in [5.74, 6) is -1.63. The molecule has 1 aromatic heterocycles. The van der Waals surface area contributed by atoms with Gasteiger partial charge in [0.25, 0.3) is 5.91 Å². The van der Waals surface area contributed by atoms with Crippen LogP contribution in [0.3, 0.4) is 0 Å². The molecule has 196 valence electrons. The first kappa shape index (κ1) is 19.5. The van der Waals surface area contributed by atoms with Gasteiger partial charge >= 0.3 is 0 Å². The third kappa shape index (κ3) is 3.61. The van der Waals surface area contributed by atoms with Gasteiger partial charge in [-0.05, 0) is 74.5 Å². The van der Waals surface area contributed by atoms with Crippen molar-refractivity contribution < 1.29 is 19.9 Å². The SMILES string of the molecule is [2H]C1(N2C(=O)c3cccc4c(Cc5cnn(C6(C)CCN(C7(C([2H])([2H])[2H])CC7)CC6)c5)ccc2c34)CCC(=O)NC1=O. The number of benzene rings is 2. The van der Waals surface area contributed by atoms with Crippen LogP contribution in [0.5, 0.6) is 0 Å². The van der Waals surface area contributed by atoms with Gasteiger partial charge in [0.1, 0.15) is 6.02 Å². The highest BCUT2D eigenvalue weighted by atomic mass is 16.2. The maximum atomic E-state index is 13.5. The Labute approximate surface area is 227 Å². The number of imide groups is 1. The van der Waals surface area contributed by atoms with E-state index < -0.39 is 36.1 Å². The first-order valence-electron chi connectivity index (χ1n) is 15.4. The highest BCUT2D eigenvalue weighted by molar-refractivity contribution is 6.27. The van der Waals surface area contributed by atoms with Crippen molar-refractivity contribution in [2.45, 2.75) is 75.8 Å². The molecule has 0 spiro atoms. The van der Waals surface area contributed by atoms with Gasteiger partial charge in [-0.25, -0.2) is 0 Å². The molecule has 4 heterocycles. The minimum Gasteiger partial charge on any atom is -0.298 e. The lowest BCUT2D eigenvalue weighted by atomic mass is 9.89. The van der Waals surface area contributed by atoms with E-state index in [-0.39, 0.29) is 18.4 Å². The molecule has 4 aliphatic rings. The lowest BCUT2D eigenvalue weighted by Gasteiger charge is -2.42. The third-order valence-corrected chi connectivity index (χ3v) is 8.91. The number of hydrogen-bond acceptors (Lipinski definition) is 5. The molecule has 1 atom stereocenters. The number of anilines is 1. The Kier molecular flexibility index (Phi) is 4.23. The number of hydrogen-bond donors (Lipinski definition) is 1. The van der Waals surface area contributed by atoms with E-state index in [9.17, 15) is 14.4 Å². The molecule has 3 amide bonds. The minimum atomic E-state index is -1.95. The van der Waals surface area contributed by atoms with E-state index in [4.69, 9.17) is 10.6 Å². The molecule has 2 aromatic carbocycles. The van der Waals surface area contributed by atoms with E-state index in [0.29, 0.717) is 23.1 Å². The Bertz CT molecular complexity index is 1650. The summed E-state index contributed by atoms with van der Waals surface area (Å²) in [7, 11) is 0. The highest BCUT2D eigenvalue weighted by Crippen LogP contribution is 2.45. The second kappa shape index (κ2) is 8.24. The molecule has 1 aliphatic carbocycles. The molecule has 0 bridgehead atoms. The predicted molar refractivity (Wildman–Crippen MR) is 144 cm³/mol. The monoisotopic (exact) mass is 515 g/mol. The van der Waals surface area contributed by atoms with Crippen molar-refractivity contribution in [3.8, 4) is 0 Å². The normalized spacial score (nSPS) is 28.0. The molecule has 1 N–H and O–H groups in total. The number of rotatable bonds is 5. The van der Waals surface area contributed by atoms with Crippen LogP contribution in [0.1, 0.15) is 79.3 Å². The van der Waals surface area contributed by atoms with E-state index >= 15 is 0 Å². The van der Waals surface area contributed by atoms with Crippen molar-refractivity contribution in [2.75, 3.05) is 18.0 Å². The summed E-state index contributed by atoms with van der Waals surface area (Å²) in [4.78, 5) is 41.4. The molecule has 1 saturated carbocycles. The zero-order chi connectivity index (χ0) is 29.7. The zero-order valence-corrected chi connectivity index (χ0v) is 21.4. The third-order valence-electron chi connectivity index (χ3n) is 8.91. The fraction of sp³-hybridized carbons (Fsp3) is 0.467. The molecule has 0 radical (unpaired) electrons. The van der Waals surface area contributed by atoms with E-state index in [2.05, 4.69) is 23.3 Å². The second-order valence-corrected chi connectivity index (χ2v) is 11.4. The molecule has 3 aliphatic heterocycles. The maximum Gasteiger partial charge on any atom is 0.259 e. The molecular weight excluding hydrogens is 478 g/mol. The largest absolute Gasteiger partial charge is 0.298 e. The van der Waals surface area contributed by atoms with E-state index in [1.165, 1.54) is 4.90 Å². The average molecular weight is 516 g/mol. The molecule has 3 aromatic rings. The summed E-state index contributed by atoms with van der Waals surface area (Å²) in [6.45, 7) is 1.69. The van der Waals surface area contributed by atoms with Crippen molar-refractivity contribution in [1.29, 1.82) is 0 Å². The van der Waals surface area contributed by atoms with Crippen molar-refractivity contribution in [3.05, 3.63) is 59.4 Å². The van der Waals surface area contributed by atoms with Gasteiger partial charge in [-0.15, -0.1) is 0 Å². The van der Waals surface area contributed by atoms with Gasteiger partial charge in [0.15, 0.2) is 0 Å². The Morgan fingerprint density at radius 1 is 1.11 bits per heavy atom. The standard InChI is InChI=1S/C30H33N5O3/c1-29(10-11-29)33-14-12-30(2,13-15-33)34-18-19(17-31-34)16-20-6-7-23-26-21(20)4-3-5-22(26)28(38)35(23)24-8-9-25(36)32-27(24)37/h3-7,17-18,24H,8-16H2,1-2H3,(H,32,36,37)/i1D3,24D. The number of piperidine rings is 2. The van der Waals surface area contributed by atoms with Gasteiger partial charge in [0.05, 0.1) is 18.8 Å². The average Bonchev–Trinajstić information content (AvgIpc) is 3.55. The molecule has 8 heteroatoms. The molecule has 1 unspecified atom stereocenters. The van der Waals surface area contributed by atoms with Crippen LogP contribution in [-0.4, -0.2) is 57.0 Å². The molecule has 38 heavy (non-hydrogen) atoms. The van der Waals surface area contributed by atoms with Crippen molar-refractivity contribution in [3.63, 3.8) is 0 Å².